The van der Waals surface area contributed by atoms with Gasteiger partial charge in [-0.2, -0.15) is 0 Å². The molecule has 112 valence electrons. The monoisotopic (exact) mass is 294 g/mol. The molecule has 1 saturated carbocycles. The van der Waals surface area contributed by atoms with E-state index in [0.29, 0.717) is 18.9 Å². The van der Waals surface area contributed by atoms with Gasteiger partial charge in [0.1, 0.15) is 0 Å². The summed E-state index contributed by atoms with van der Waals surface area (Å²) in [7, 11) is 0. The van der Waals surface area contributed by atoms with E-state index < -0.39 is 0 Å². The maximum Gasteiger partial charge on any atom is 0.220 e. The Balaban J connectivity index is 1.76. The van der Waals surface area contributed by atoms with Crippen LogP contribution in [0.4, 0.5) is 0 Å². The molecule has 1 fully saturated rings. The van der Waals surface area contributed by atoms with Crippen LogP contribution in [-0.4, -0.2) is 18.0 Å². The molecule has 1 atom stereocenters. The fourth-order valence-electron chi connectivity index (χ4n) is 2.79. The van der Waals surface area contributed by atoms with Crippen LogP contribution < -0.4 is 11.1 Å². The highest BCUT2D eigenvalue weighted by Crippen LogP contribution is 2.39. The van der Waals surface area contributed by atoms with Crippen molar-refractivity contribution in [3.63, 3.8) is 0 Å². The number of nitrogens with two attached hydrogens (primary N) is 1. The van der Waals surface area contributed by atoms with Crippen molar-refractivity contribution in [1.29, 1.82) is 0 Å². The first-order valence-electron chi connectivity index (χ1n) is 7.51. The number of hydrogen-bond acceptors (Lipinski definition) is 3. The summed E-state index contributed by atoms with van der Waals surface area (Å²) >= 11 is 1.84. The summed E-state index contributed by atoms with van der Waals surface area (Å²) in [6.07, 6.45) is 4.89. The van der Waals surface area contributed by atoms with E-state index in [1.165, 1.54) is 28.2 Å². The number of thiophene rings is 1. The first-order chi connectivity index (χ1) is 9.44. The lowest BCUT2D eigenvalue weighted by molar-refractivity contribution is -0.123. The highest BCUT2D eigenvalue weighted by Gasteiger charge is 2.41. The standard InChI is InChI=1S/C16H26N2OS/c1-11-9-13(12(2)20-11)5-4-6-15(19)18-16(3,10-17)14-7-8-14/h9,14H,4-8,10,17H2,1-3H3,(H,18,19). The number of nitrogens with one attached hydrogen (secondary N) is 1. The Labute approximate surface area is 125 Å². The zero-order chi connectivity index (χ0) is 14.8. The molecule has 1 aliphatic carbocycles. The molecule has 3 N–H and O–H groups in total. The Morgan fingerprint density at radius 3 is 2.70 bits per heavy atom. The highest BCUT2D eigenvalue weighted by atomic mass is 32.1. The van der Waals surface area contributed by atoms with E-state index in [1.54, 1.807) is 0 Å². The summed E-state index contributed by atoms with van der Waals surface area (Å²) in [6.45, 7) is 6.91. The van der Waals surface area contributed by atoms with E-state index >= 15 is 0 Å². The van der Waals surface area contributed by atoms with Crippen LogP contribution in [0.3, 0.4) is 0 Å². The third-order valence-corrected chi connectivity index (χ3v) is 5.33. The maximum atomic E-state index is 12.1. The summed E-state index contributed by atoms with van der Waals surface area (Å²) in [5.74, 6) is 0.729. The minimum atomic E-state index is -0.189. The lowest BCUT2D eigenvalue weighted by Crippen LogP contribution is -2.53. The second kappa shape index (κ2) is 6.27. The van der Waals surface area contributed by atoms with Gasteiger partial charge in [0.25, 0.3) is 0 Å². The van der Waals surface area contributed by atoms with Crippen LogP contribution in [0.5, 0.6) is 0 Å². The van der Waals surface area contributed by atoms with Crippen molar-refractivity contribution in [2.75, 3.05) is 6.54 Å². The van der Waals surface area contributed by atoms with Crippen LogP contribution in [0, 0.1) is 19.8 Å². The minimum Gasteiger partial charge on any atom is -0.349 e. The molecule has 0 spiro atoms. The molecule has 0 bridgehead atoms. The highest BCUT2D eigenvalue weighted by molar-refractivity contribution is 7.12. The van der Waals surface area contributed by atoms with Crippen LogP contribution in [0.25, 0.3) is 0 Å². The van der Waals surface area contributed by atoms with Crippen LogP contribution in [0.15, 0.2) is 6.07 Å². The topological polar surface area (TPSA) is 55.1 Å². The van der Waals surface area contributed by atoms with Gasteiger partial charge in [-0.05, 0) is 64.0 Å². The number of amides is 1. The largest absolute Gasteiger partial charge is 0.349 e. The molecule has 1 unspecified atom stereocenters. The number of carbonyl (C=O) groups excluding carboxylic acids is 1. The Morgan fingerprint density at radius 1 is 1.50 bits per heavy atom. The third-order valence-electron chi connectivity index (χ3n) is 4.32. The molecule has 1 amide bonds. The SMILES string of the molecule is Cc1cc(CCCC(=O)NC(C)(CN)C2CC2)c(C)s1. The van der Waals surface area contributed by atoms with Gasteiger partial charge in [-0.15, -0.1) is 11.3 Å². The van der Waals surface area contributed by atoms with Crippen molar-refractivity contribution in [3.05, 3.63) is 21.4 Å². The molecule has 4 heteroatoms. The fourth-order valence-corrected chi connectivity index (χ4v) is 3.77. The van der Waals surface area contributed by atoms with Crippen molar-refractivity contribution < 1.29 is 4.79 Å². The lowest BCUT2D eigenvalue weighted by atomic mass is 9.95. The molecule has 20 heavy (non-hydrogen) atoms. The van der Waals surface area contributed by atoms with E-state index in [0.717, 1.165) is 12.8 Å². The van der Waals surface area contributed by atoms with E-state index in [4.69, 9.17) is 5.73 Å². The van der Waals surface area contributed by atoms with Gasteiger partial charge in [-0.3, -0.25) is 4.79 Å². The van der Waals surface area contributed by atoms with Gasteiger partial charge in [-0.1, -0.05) is 0 Å². The predicted octanol–water partition coefficient (Wildman–Crippen LogP) is 2.93. The Bertz CT molecular complexity index is 479. The molecule has 0 aliphatic heterocycles. The fraction of sp³-hybridized carbons (Fsp3) is 0.688. The summed E-state index contributed by atoms with van der Waals surface area (Å²) in [5.41, 5.74) is 7.03. The first-order valence-corrected chi connectivity index (χ1v) is 8.33. The maximum absolute atomic E-state index is 12.1. The van der Waals surface area contributed by atoms with Gasteiger partial charge in [0.05, 0.1) is 5.54 Å². The zero-order valence-electron chi connectivity index (χ0n) is 12.8. The van der Waals surface area contributed by atoms with Crippen LogP contribution in [0.1, 0.15) is 47.9 Å². The molecular formula is C16H26N2OS. The van der Waals surface area contributed by atoms with Gasteiger partial charge < -0.3 is 11.1 Å². The van der Waals surface area contributed by atoms with Gasteiger partial charge in [-0.25, -0.2) is 0 Å². The second-order valence-corrected chi connectivity index (χ2v) is 7.70. The molecule has 0 saturated heterocycles. The average molecular weight is 294 g/mol. The predicted molar refractivity (Wildman–Crippen MR) is 85.1 cm³/mol. The van der Waals surface area contributed by atoms with E-state index in [9.17, 15) is 4.79 Å². The van der Waals surface area contributed by atoms with Gasteiger partial charge in [0.2, 0.25) is 5.91 Å². The molecular weight excluding hydrogens is 268 g/mol. The van der Waals surface area contributed by atoms with E-state index in [2.05, 4.69) is 32.2 Å². The number of hydrogen-bond donors (Lipinski definition) is 2. The summed E-state index contributed by atoms with van der Waals surface area (Å²) in [5, 5.41) is 3.15. The lowest BCUT2D eigenvalue weighted by Gasteiger charge is -2.29. The molecule has 1 aromatic heterocycles. The van der Waals surface area contributed by atoms with E-state index in [1.807, 2.05) is 11.3 Å². The van der Waals surface area contributed by atoms with Crippen molar-refractivity contribution >= 4 is 17.2 Å². The molecule has 1 heterocycles. The van der Waals surface area contributed by atoms with Crippen molar-refractivity contribution in [2.24, 2.45) is 11.7 Å². The quantitative estimate of drug-likeness (QED) is 0.812. The van der Waals surface area contributed by atoms with Crippen molar-refractivity contribution in [1.82, 2.24) is 5.32 Å². The number of carbonyl (C=O) groups is 1. The van der Waals surface area contributed by atoms with Crippen LogP contribution in [0.2, 0.25) is 0 Å². The Kier molecular flexibility index (Phi) is 4.86. The molecule has 1 aromatic rings. The van der Waals surface area contributed by atoms with E-state index in [-0.39, 0.29) is 11.4 Å². The Hall–Kier alpha value is -0.870. The van der Waals surface area contributed by atoms with Gasteiger partial charge in [0, 0.05) is 22.7 Å². The van der Waals surface area contributed by atoms with Crippen molar-refractivity contribution in [3.8, 4) is 0 Å². The third kappa shape index (κ3) is 3.83. The van der Waals surface area contributed by atoms with Crippen LogP contribution in [-0.2, 0) is 11.2 Å². The normalized spacial score (nSPS) is 17.8. The molecule has 0 radical (unpaired) electrons. The summed E-state index contributed by atoms with van der Waals surface area (Å²) in [4.78, 5) is 14.8. The first kappa shape index (κ1) is 15.5. The number of aryl methyl sites for hydroxylation is 3. The summed E-state index contributed by atoms with van der Waals surface area (Å²) in [6, 6.07) is 2.24. The van der Waals surface area contributed by atoms with Crippen molar-refractivity contribution in [2.45, 2.75) is 58.4 Å². The zero-order valence-corrected chi connectivity index (χ0v) is 13.6. The Morgan fingerprint density at radius 2 is 2.20 bits per heavy atom. The molecule has 0 aromatic carbocycles. The average Bonchev–Trinajstić information content (AvgIpc) is 3.17. The van der Waals surface area contributed by atoms with Crippen LogP contribution >= 0.6 is 11.3 Å². The molecule has 2 rings (SSSR count). The second-order valence-electron chi connectivity index (χ2n) is 6.24. The smallest absolute Gasteiger partial charge is 0.220 e. The van der Waals surface area contributed by atoms with Gasteiger partial charge >= 0.3 is 0 Å². The summed E-state index contributed by atoms with van der Waals surface area (Å²) < 4.78 is 0. The number of rotatable bonds is 7. The molecule has 3 nitrogen and oxygen atoms in total. The molecule has 1 aliphatic rings. The van der Waals surface area contributed by atoms with Gasteiger partial charge in [0.15, 0.2) is 0 Å². The minimum absolute atomic E-state index is 0.148.